The fourth-order valence-corrected chi connectivity index (χ4v) is 3.27. The van der Waals surface area contributed by atoms with E-state index < -0.39 is 0 Å². The quantitative estimate of drug-likeness (QED) is 0.867. The van der Waals surface area contributed by atoms with Crippen LogP contribution in [0.3, 0.4) is 0 Å². The topological polar surface area (TPSA) is 47.4 Å². The van der Waals surface area contributed by atoms with Crippen LogP contribution in [0.2, 0.25) is 0 Å². The number of carbonyl (C=O) groups excluding carboxylic acids is 1. The smallest absolute Gasteiger partial charge is 0.257 e. The summed E-state index contributed by atoms with van der Waals surface area (Å²) < 4.78 is 7.63. The van der Waals surface area contributed by atoms with E-state index in [2.05, 4.69) is 5.10 Å². The molecule has 5 nitrogen and oxygen atoms in total. The second kappa shape index (κ2) is 7.07. The van der Waals surface area contributed by atoms with Crippen molar-refractivity contribution in [2.24, 2.45) is 13.0 Å². The van der Waals surface area contributed by atoms with Crippen LogP contribution in [-0.4, -0.2) is 40.3 Å². The normalized spacial score (nSPS) is 15.5. The molecule has 3 rings (SSSR count). The van der Waals surface area contributed by atoms with Crippen molar-refractivity contribution in [2.45, 2.75) is 26.7 Å². The maximum Gasteiger partial charge on any atom is 0.257 e. The minimum Gasteiger partial charge on any atom is -0.493 e. The van der Waals surface area contributed by atoms with Crippen LogP contribution >= 0.6 is 0 Å². The van der Waals surface area contributed by atoms with Gasteiger partial charge in [0.2, 0.25) is 0 Å². The van der Waals surface area contributed by atoms with Gasteiger partial charge in [0.15, 0.2) is 0 Å². The average molecular weight is 327 g/mol. The summed E-state index contributed by atoms with van der Waals surface area (Å²) in [4.78, 5) is 14.7. The Morgan fingerprint density at radius 3 is 2.46 bits per heavy atom. The summed E-state index contributed by atoms with van der Waals surface area (Å²) >= 11 is 0. The predicted octanol–water partition coefficient (Wildman–Crippen LogP) is 2.97. The lowest BCUT2D eigenvalue weighted by atomic mass is 9.97. The molecule has 2 heterocycles. The van der Waals surface area contributed by atoms with Crippen molar-refractivity contribution >= 4 is 5.91 Å². The van der Waals surface area contributed by atoms with Crippen LogP contribution in [0.25, 0.3) is 0 Å². The molecule has 0 saturated carbocycles. The first-order chi connectivity index (χ1) is 11.6. The lowest BCUT2D eigenvalue weighted by molar-refractivity contribution is 0.0659. The van der Waals surface area contributed by atoms with E-state index in [0.717, 1.165) is 55.2 Å². The van der Waals surface area contributed by atoms with E-state index in [9.17, 15) is 4.79 Å². The molecule has 1 aromatic carbocycles. The molecule has 0 N–H and O–H groups in total. The summed E-state index contributed by atoms with van der Waals surface area (Å²) in [7, 11) is 1.88. The largest absolute Gasteiger partial charge is 0.493 e. The van der Waals surface area contributed by atoms with Crippen molar-refractivity contribution in [2.75, 3.05) is 19.7 Å². The van der Waals surface area contributed by atoms with Crippen molar-refractivity contribution in [3.8, 4) is 5.75 Å². The average Bonchev–Trinajstić information content (AvgIpc) is 2.86. The Hall–Kier alpha value is -2.30. The van der Waals surface area contributed by atoms with E-state index in [1.54, 1.807) is 4.68 Å². The highest BCUT2D eigenvalue weighted by Gasteiger charge is 2.27. The molecule has 1 aromatic heterocycles. The Balaban J connectivity index is 1.54. The van der Waals surface area contributed by atoms with E-state index in [4.69, 9.17) is 4.74 Å². The predicted molar refractivity (Wildman–Crippen MR) is 93.2 cm³/mol. The molecule has 24 heavy (non-hydrogen) atoms. The molecule has 1 saturated heterocycles. The molecule has 0 unspecified atom stereocenters. The number of nitrogens with zero attached hydrogens (tertiary/aromatic N) is 3. The monoisotopic (exact) mass is 327 g/mol. The summed E-state index contributed by atoms with van der Waals surface area (Å²) in [5.41, 5.74) is 2.51. The molecule has 2 aromatic rings. The number of carbonyl (C=O) groups is 1. The third kappa shape index (κ3) is 3.45. The number of likely N-dealkylation sites (tertiary alicyclic amines) is 1. The summed E-state index contributed by atoms with van der Waals surface area (Å²) in [6.07, 6.45) is 1.97. The van der Waals surface area contributed by atoms with Gasteiger partial charge >= 0.3 is 0 Å². The van der Waals surface area contributed by atoms with Gasteiger partial charge in [0.1, 0.15) is 5.75 Å². The van der Waals surface area contributed by atoms with E-state index in [1.165, 1.54) is 0 Å². The summed E-state index contributed by atoms with van der Waals surface area (Å²) in [5.74, 6) is 1.53. The number of para-hydroxylation sites is 1. The SMILES string of the molecule is Cc1nn(C)c(C)c1C(=O)N1CCC(COc2ccccc2)CC1. The van der Waals surface area contributed by atoms with Gasteiger partial charge in [-0.3, -0.25) is 9.48 Å². The second-order valence-corrected chi connectivity index (χ2v) is 6.53. The minimum atomic E-state index is 0.112. The number of aromatic nitrogens is 2. The molecule has 1 aliphatic heterocycles. The van der Waals surface area contributed by atoms with Gasteiger partial charge in [0.25, 0.3) is 5.91 Å². The first kappa shape index (κ1) is 16.6. The molecule has 5 heteroatoms. The molecule has 1 fully saturated rings. The van der Waals surface area contributed by atoms with Crippen molar-refractivity contribution < 1.29 is 9.53 Å². The molecule has 0 radical (unpaired) electrons. The molecule has 0 spiro atoms. The van der Waals surface area contributed by atoms with Crippen LogP contribution < -0.4 is 4.74 Å². The highest BCUT2D eigenvalue weighted by Crippen LogP contribution is 2.22. The number of amides is 1. The number of hydrogen-bond donors (Lipinski definition) is 0. The summed E-state index contributed by atoms with van der Waals surface area (Å²) in [6, 6.07) is 9.91. The van der Waals surface area contributed by atoms with Crippen LogP contribution in [0.5, 0.6) is 5.75 Å². The van der Waals surface area contributed by atoms with Gasteiger partial charge in [-0.15, -0.1) is 0 Å². The van der Waals surface area contributed by atoms with E-state index in [0.29, 0.717) is 5.92 Å². The Labute approximate surface area is 143 Å². The molecule has 0 aliphatic carbocycles. The van der Waals surface area contributed by atoms with E-state index in [-0.39, 0.29) is 5.91 Å². The van der Waals surface area contributed by atoms with Gasteiger partial charge < -0.3 is 9.64 Å². The maximum absolute atomic E-state index is 12.8. The van der Waals surface area contributed by atoms with Crippen molar-refractivity contribution in [3.05, 3.63) is 47.3 Å². The van der Waals surface area contributed by atoms with Gasteiger partial charge in [-0.05, 0) is 44.7 Å². The van der Waals surface area contributed by atoms with Crippen molar-refractivity contribution in [3.63, 3.8) is 0 Å². The van der Waals surface area contributed by atoms with Gasteiger partial charge in [-0.25, -0.2) is 0 Å². The van der Waals surface area contributed by atoms with Crippen LogP contribution in [0.15, 0.2) is 30.3 Å². The Bertz CT molecular complexity index is 701. The Kier molecular flexibility index (Phi) is 4.88. The number of benzene rings is 1. The zero-order chi connectivity index (χ0) is 17.1. The lowest BCUT2D eigenvalue weighted by Gasteiger charge is -2.32. The number of aryl methyl sites for hydroxylation is 2. The van der Waals surface area contributed by atoms with Gasteiger partial charge in [0, 0.05) is 25.8 Å². The molecule has 0 atom stereocenters. The summed E-state index contributed by atoms with van der Waals surface area (Å²) in [5, 5.41) is 4.35. The first-order valence-corrected chi connectivity index (χ1v) is 8.53. The third-order valence-electron chi connectivity index (χ3n) is 4.85. The highest BCUT2D eigenvalue weighted by molar-refractivity contribution is 5.96. The highest BCUT2D eigenvalue weighted by atomic mass is 16.5. The van der Waals surface area contributed by atoms with E-state index in [1.807, 2.05) is 56.1 Å². The second-order valence-electron chi connectivity index (χ2n) is 6.53. The van der Waals surface area contributed by atoms with E-state index >= 15 is 0 Å². The fourth-order valence-electron chi connectivity index (χ4n) is 3.27. The molecule has 128 valence electrons. The molecular weight excluding hydrogens is 302 g/mol. The number of hydrogen-bond acceptors (Lipinski definition) is 3. The van der Waals surface area contributed by atoms with Crippen molar-refractivity contribution in [1.29, 1.82) is 0 Å². The Morgan fingerprint density at radius 1 is 1.21 bits per heavy atom. The number of piperidine rings is 1. The van der Waals surface area contributed by atoms with Gasteiger partial charge in [-0.2, -0.15) is 5.10 Å². The standard InChI is InChI=1S/C19H25N3O2/c1-14-18(15(2)21(3)20-14)19(23)22-11-9-16(10-12-22)13-24-17-7-5-4-6-8-17/h4-8,16H,9-13H2,1-3H3. The van der Waals surface area contributed by atoms with Gasteiger partial charge in [0.05, 0.1) is 17.9 Å². The third-order valence-corrected chi connectivity index (χ3v) is 4.85. The molecule has 1 amide bonds. The molecule has 0 bridgehead atoms. The summed E-state index contributed by atoms with van der Waals surface area (Å²) in [6.45, 7) is 6.15. The van der Waals surface area contributed by atoms with Crippen LogP contribution in [-0.2, 0) is 7.05 Å². The lowest BCUT2D eigenvalue weighted by Crippen LogP contribution is -2.40. The minimum absolute atomic E-state index is 0.112. The number of rotatable bonds is 4. The fraction of sp³-hybridized carbons (Fsp3) is 0.474. The Morgan fingerprint density at radius 2 is 1.88 bits per heavy atom. The molecule has 1 aliphatic rings. The van der Waals surface area contributed by atoms with Crippen LogP contribution in [0.1, 0.15) is 34.6 Å². The maximum atomic E-state index is 12.8. The van der Waals surface area contributed by atoms with Crippen molar-refractivity contribution in [1.82, 2.24) is 14.7 Å². The first-order valence-electron chi connectivity index (χ1n) is 8.53. The zero-order valence-corrected chi connectivity index (χ0v) is 14.7. The van der Waals surface area contributed by atoms with Crippen LogP contribution in [0, 0.1) is 19.8 Å². The zero-order valence-electron chi connectivity index (χ0n) is 14.7. The molecular formula is C19H25N3O2. The van der Waals surface area contributed by atoms with Crippen LogP contribution in [0.4, 0.5) is 0 Å². The van der Waals surface area contributed by atoms with Gasteiger partial charge in [-0.1, -0.05) is 18.2 Å². The number of ether oxygens (including phenoxy) is 1.